The van der Waals surface area contributed by atoms with Crippen LogP contribution in [0.4, 0.5) is 0 Å². The van der Waals surface area contributed by atoms with Crippen LogP contribution in [-0.4, -0.2) is 7.11 Å². The van der Waals surface area contributed by atoms with Crippen molar-refractivity contribution >= 4 is 11.6 Å². The van der Waals surface area contributed by atoms with Crippen molar-refractivity contribution in [2.45, 2.75) is 12.5 Å². The molecule has 0 spiro atoms. The summed E-state index contributed by atoms with van der Waals surface area (Å²) < 4.78 is 6.13. The molecule has 3 aromatic rings. The Kier molecular flexibility index (Phi) is 4.51. The monoisotopic (exact) mass is 322 g/mol. The molecule has 0 fully saturated rings. The van der Waals surface area contributed by atoms with Crippen LogP contribution in [0.2, 0.25) is 5.02 Å². The van der Waals surface area contributed by atoms with Gasteiger partial charge in [0.15, 0.2) is 0 Å². The predicted octanol–water partition coefficient (Wildman–Crippen LogP) is 5.59. The summed E-state index contributed by atoms with van der Waals surface area (Å²) in [6.07, 6.45) is 0. The third kappa shape index (κ3) is 2.78. The predicted molar refractivity (Wildman–Crippen MR) is 96.0 cm³/mol. The second kappa shape index (κ2) is 6.57. The lowest BCUT2D eigenvalue weighted by molar-refractivity contribution is 0.0586. The van der Waals surface area contributed by atoms with Crippen molar-refractivity contribution in [1.82, 2.24) is 0 Å². The van der Waals surface area contributed by atoms with Gasteiger partial charge in [-0.3, -0.25) is 0 Å². The van der Waals surface area contributed by atoms with E-state index in [1.807, 2.05) is 42.5 Å². The topological polar surface area (TPSA) is 9.23 Å². The third-order valence-electron chi connectivity index (χ3n) is 4.20. The molecular weight excluding hydrogens is 304 g/mol. The minimum atomic E-state index is -0.729. The Morgan fingerprint density at radius 3 is 1.91 bits per heavy atom. The summed E-state index contributed by atoms with van der Waals surface area (Å²) in [5.74, 6) is 0. The molecule has 0 aromatic heterocycles. The largest absolute Gasteiger partial charge is 0.364 e. The van der Waals surface area contributed by atoms with Crippen molar-refractivity contribution in [1.29, 1.82) is 0 Å². The molecule has 0 heterocycles. The smallest absolute Gasteiger partial charge is 0.144 e. The number of ether oxygens (including phenoxy) is 1. The summed E-state index contributed by atoms with van der Waals surface area (Å²) in [5, 5.41) is 0.693. The van der Waals surface area contributed by atoms with E-state index < -0.39 is 5.60 Å². The van der Waals surface area contributed by atoms with Crippen LogP contribution < -0.4 is 0 Å². The number of benzene rings is 3. The Labute approximate surface area is 142 Å². The molecule has 3 aromatic carbocycles. The maximum atomic E-state index is 6.54. The normalized spacial score (nSPS) is 13.5. The molecule has 0 aliphatic rings. The van der Waals surface area contributed by atoms with Gasteiger partial charge in [-0.05, 0) is 24.1 Å². The van der Waals surface area contributed by atoms with Gasteiger partial charge in [-0.2, -0.15) is 0 Å². The average Bonchev–Trinajstić information content (AvgIpc) is 2.60. The first-order valence-corrected chi connectivity index (χ1v) is 7.99. The summed E-state index contributed by atoms with van der Waals surface area (Å²) in [7, 11) is 1.73. The van der Waals surface area contributed by atoms with Crippen LogP contribution in [0.3, 0.4) is 0 Å². The van der Waals surface area contributed by atoms with Gasteiger partial charge in [0.25, 0.3) is 0 Å². The molecule has 0 saturated heterocycles. The van der Waals surface area contributed by atoms with Gasteiger partial charge in [0.2, 0.25) is 0 Å². The second-order valence-electron chi connectivity index (χ2n) is 5.60. The molecule has 23 heavy (non-hydrogen) atoms. The molecule has 1 atom stereocenters. The first kappa shape index (κ1) is 15.8. The number of methoxy groups -OCH3 is 1. The van der Waals surface area contributed by atoms with Crippen molar-refractivity contribution in [2.75, 3.05) is 7.11 Å². The molecule has 0 bridgehead atoms. The standard InChI is InChI=1S/C21H19ClO/c1-16-12-14-18(15-13-16)21(23-2,17-8-4-3-5-9-17)19-10-6-7-11-20(19)22/h3-15H,1-2H3. The van der Waals surface area contributed by atoms with Crippen molar-refractivity contribution in [3.8, 4) is 0 Å². The second-order valence-corrected chi connectivity index (χ2v) is 6.00. The van der Waals surface area contributed by atoms with E-state index in [-0.39, 0.29) is 0 Å². The highest BCUT2D eigenvalue weighted by atomic mass is 35.5. The van der Waals surface area contributed by atoms with Gasteiger partial charge in [0.1, 0.15) is 5.60 Å². The fourth-order valence-corrected chi connectivity index (χ4v) is 3.30. The molecule has 0 radical (unpaired) electrons. The number of hydrogen-bond acceptors (Lipinski definition) is 1. The van der Waals surface area contributed by atoms with Crippen LogP contribution in [0.1, 0.15) is 22.3 Å². The van der Waals surface area contributed by atoms with Crippen molar-refractivity contribution in [3.63, 3.8) is 0 Å². The fraction of sp³-hybridized carbons (Fsp3) is 0.143. The molecule has 0 N–H and O–H groups in total. The summed E-state index contributed by atoms with van der Waals surface area (Å²) >= 11 is 6.54. The highest BCUT2D eigenvalue weighted by Crippen LogP contribution is 2.42. The molecule has 0 saturated carbocycles. The van der Waals surface area contributed by atoms with Crippen LogP contribution in [0.15, 0.2) is 78.9 Å². The highest BCUT2D eigenvalue weighted by Gasteiger charge is 2.37. The minimum absolute atomic E-state index is 0.693. The zero-order chi connectivity index (χ0) is 16.3. The number of rotatable bonds is 4. The molecule has 1 unspecified atom stereocenters. The Hall–Kier alpha value is -2.09. The number of aryl methyl sites for hydroxylation is 1. The van der Waals surface area contributed by atoms with Crippen LogP contribution in [0.5, 0.6) is 0 Å². The summed E-state index contributed by atoms with van der Waals surface area (Å²) in [4.78, 5) is 0. The first-order chi connectivity index (χ1) is 11.2. The van der Waals surface area contributed by atoms with Gasteiger partial charge in [0, 0.05) is 17.7 Å². The lowest BCUT2D eigenvalue weighted by Gasteiger charge is -2.35. The molecule has 0 aliphatic heterocycles. The van der Waals surface area contributed by atoms with Gasteiger partial charge < -0.3 is 4.74 Å². The summed E-state index contributed by atoms with van der Waals surface area (Å²) in [6.45, 7) is 2.08. The van der Waals surface area contributed by atoms with E-state index in [4.69, 9.17) is 16.3 Å². The fourth-order valence-electron chi connectivity index (χ4n) is 3.03. The van der Waals surface area contributed by atoms with Crippen LogP contribution in [-0.2, 0) is 10.3 Å². The zero-order valence-electron chi connectivity index (χ0n) is 13.3. The Morgan fingerprint density at radius 2 is 1.30 bits per heavy atom. The summed E-state index contributed by atoms with van der Waals surface area (Å²) in [5.41, 5.74) is 3.54. The molecule has 0 amide bonds. The maximum absolute atomic E-state index is 6.54. The van der Waals surface area contributed by atoms with Gasteiger partial charge >= 0.3 is 0 Å². The van der Waals surface area contributed by atoms with E-state index in [0.717, 1.165) is 16.7 Å². The van der Waals surface area contributed by atoms with Gasteiger partial charge in [-0.1, -0.05) is 90.0 Å². The average molecular weight is 323 g/mol. The van der Waals surface area contributed by atoms with Gasteiger partial charge in [-0.15, -0.1) is 0 Å². The Morgan fingerprint density at radius 1 is 0.739 bits per heavy atom. The molecular formula is C21H19ClO. The lowest BCUT2D eigenvalue weighted by atomic mass is 9.80. The van der Waals surface area contributed by atoms with Crippen LogP contribution in [0.25, 0.3) is 0 Å². The van der Waals surface area contributed by atoms with Crippen LogP contribution >= 0.6 is 11.6 Å². The van der Waals surface area contributed by atoms with E-state index in [9.17, 15) is 0 Å². The quantitative estimate of drug-likeness (QED) is 0.569. The number of halogens is 1. The molecule has 116 valence electrons. The van der Waals surface area contributed by atoms with Crippen molar-refractivity contribution in [3.05, 3.63) is 106 Å². The van der Waals surface area contributed by atoms with E-state index >= 15 is 0 Å². The SMILES string of the molecule is COC(c1ccccc1)(c1ccc(C)cc1)c1ccccc1Cl. The van der Waals surface area contributed by atoms with E-state index in [1.54, 1.807) is 7.11 Å². The van der Waals surface area contributed by atoms with E-state index in [1.165, 1.54) is 5.56 Å². The van der Waals surface area contributed by atoms with E-state index in [2.05, 4.69) is 43.3 Å². The molecule has 0 aliphatic carbocycles. The van der Waals surface area contributed by atoms with Crippen molar-refractivity contribution < 1.29 is 4.74 Å². The van der Waals surface area contributed by atoms with Gasteiger partial charge in [0.05, 0.1) is 0 Å². The van der Waals surface area contributed by atoms with Gasteiger partial charge in [-0.25, -0.2) is 0 Å². The Bertz CT molecular complexity index is 780. The van der Waals surface area contributed by atoms with Crippen molar-refractivity contribution in [2.24, 2.45) is 0 Å². The van der Waals surface area contributed by atoms with E-state index in [0.29, 0.717) is 5.02 Å². The summed E-state index contributed by atoms with van der Waals surface area (Å²) in [6, 6.07) is 26.5. The highest BCUT2D eigenvalue weighted by molar-refractivity contribution is 6.31. The number of hydrogen-bond donors (Lipinski definition) is 0. The molecule has 2 heteroatoms. The first-order valence-electron chi connectivity index (χ1n) is 7.61. The molecule has 3 rings (SSSR count). The third-order valence-corrected chi connectivity index (χ3v) is 4.53. The maximum Gasteiger partial charge on any atom is 0.144 e. The van der Waals surface area contributed by atoms with Crippen LogP contribution in [0, 0.1) is 6.92 Å². The lowest BCUT2D eigenvalue weighted by Crippen LogP contribution is -2.32. The Balaban J connectivity index is 2.33. The molecule has 1 nitrogen and oxygen atoms in total. The zero-order valence-corrected chi connectivity index (χ0v) is 14.0. The minimum Gasteiger partial charge on any atom is -0.364 e.